The van der Waals surface area contributed by atoms with Crippen molar-refractivity contribution in [1.82, 2.24) is 15.6 Å². The highest BCUT2D eigenvalue weighted by molar-refractivity contribution is 5.75. The Balaban J connectivity index is 1.92. The fourth-order valence-electron chi connectivity index (χ4n) is 3.25. The summed E-state index contributed by atoms with van der Waals surface area (Å²) in [5.74, 6) is 0. The molecule has 1 atom stereocenters. The Morgan fingerprint density at radius 1 is 0.939 bits per heavy atom. The lowest BCUT2D eigenvalue weighted by atomic mass is 9.98. The summed E-state index contributed by atoms with van der Waals surface area (Å²) in [7, 11) is 0. The van der Waals surface area contributed by atoms with E-state index >= 15 is 0 Å². The van der Waals surface area contributed by atoms with Crippen LogP contribution in [0.1, 0.15) is 39.6 Å². The van der Waals surface area contributed by atoms with Gasteiger partial charge in [0.2, 0.25) is 0 Å². The normalized spacial score (nSPS) is 12.8. The maximum atomic E-state index is 13.6. The van der Waals surface area contributed by atoms with Crippen LogP contribution in [0.25, 0.3) is 0 Å². The monoisotopic (exact) mass is 467 g/mol. The van der Waals surface area contributed by atoms with Crippen molar-refractivity contribution in [2.24, 2.45) is 0 Å². The van der Waals surface area contributed by atoms with Gasteiger partial charge in [-0.15, -0.1) is 0 Å². The second kappa shape index (κ2) is 9.51. The third kappa shape index (κ3) is 6.24. The summed E-state index contributed by atoms with van der Waals surface area (Å²) in [5.41, 5.74) is -0.862. The van der Waals surface area contributed by atoms with Gasteiger partial charge in [0.25, 0.3) is 0 Å². The Kier molecular flexibility index (Phi) is 6.95. The average molecular weight is 467 g/mol. The molecule has 2 amide bonds. The molecule has 0 aliphatic heterocycles. The molecule has 10 heteroatoms. The molecule has 4 nitrogen and oxygen atoms in total. The number of hydrogen-bond donors (Lipinski definition) is 2. The van der Waals surface area contributed by atoms with E-state index < -0.39 is 41.2 Å². The molecule has 0 saturated carbocycles. The van der Waals surface area contributed by atoms with E-state index in [-0.39, 0.29) is 12.1 Å². The van der Waals surface area contributed by atoms with Crippen molar-refractivity contribution in [2.45, 2.75) is 31.9 Å². The number of halogens is 6. The third-order valence-electron chi connectivity index (χ3n) is 4.80. The Morgan fingerprint density at radius 3 is 2.24 bits per heavy atom. The van der Waals surface area contributed by atoms with Gasteiger partial charge in [-0.1, -0.05) is 42.0 Å². The van der Waals surface area contributed by atoms with Gasteiger partial charge in [-0.2, -0.15) is 26.3 Å². The summed E-state index contributed by atoms with van der Waals surface area (Å²) >= 11 is 0. The van der Waals surface area contributed by atoms with Crippen LogP contribution in [0.5, 0.6) is 0 Å². The van der Waals surface area contributed by atoms with E-state index in [2.05, 4.69) is 15.6 Å². The summed E-state index contributed by atoms with van der Waals surface area (Å²) < 4.78 is 79.5. The number of aromatic nitrogens is 1. The number of urea groups is 1. The number of aryl methyl sites for hydroxylation is 1. The van der Waals surface area contributed by atoms with Gasteiger partial charge in [-0.25, -0.2) is 4.79 Å². The molecule has 0 saturated heterocycles. The summed E-state index contributed by atoms with van der Waals surface area (Å²) in [6, 6.07) is 10.4. The molecule has 0 aliphatic rings. The van der Waals surface area contributed by atoms with Crippen LogP contribution in [0.3, 0.4) is 0 Å². The Labute approximate surface area is 185 Å². The van der Waals surface area contributed by atoms with Gasteiger partial charge >= 0.3 is 18.4 Å². The van der Waals surface area contributed by atoms with Crippen LogP contribution in [0.2, 0.25) is 0 Å². The van der Waals surface area contributed by atoms with Gasteiger partial charge in [0.15, 0.2) is 0 Å². The molecule has 1 aromatic heterocycles. The second-order valence-corrected chi connectivity index (χ2v) is 7.30. The molecule has 0 fully saturated rings. The van der Waals surface area contributed by atoms with Crippen molar-refractivity contribution in [3.8, 4) is 0 Å². The molecule has 1 unspecified atom stereocenters. The number of carbonyl (C=O) groups is 1. The molecule has 3 rings (SSSR count). The maximum absolute atomic E-state index is 13.6. The Hall–Kier alpha value is -3.56. The molecule has 0 aliphatic carbocycles. The fourth-order valence-corrected chi connectivity index (χ4v) is 3.25. The molecule has 2 N–H and O–H groups in total. The number of hydrogen-bond acceptors (Lipinski definition) is 2. The quantitative estimate of drug-likeness (QED) is 0.451. The molecule has 0 spiro atoms. The fraction of sp³-hybridized carbons (Fsp3) is 0.217. The molecule has 3 aromatic rings. The summed E-state index contributed by atoms with van der Waals surface area (Å²) in [6.07, 6.45) is -8.28. The SMILES string of the molecule is Cc1cccc(CNC(=O)NC(c2ccc(C(F)(F)F)cc2)c2ncccc2C(F)(F)F)c1. The van der Waals surface area contributed by atoms with Crippen LogP contribution in [0.15, 0.2) is 66.9 Å². The first-order valence-electron chi connectivity index (χ1n) is 9.74. The number of nitrogens with one attached hydrogen (secondary N) is 2. The second-order valence-electron chi connectivity index (χ2n) is 7.30. The maximum Gasteiger partial charge on any atom is 0.418 e. The zero-order valence-electron chi connectivity index (χ0n) is 17.3. The Morgan fingerprint density at radius 2 is 1.64 bits per heavy atom. The van der Waals surface area contributed by atoms with E-state index in [0.29, 0.717) is 0 Å². The van der Waals surface area contributed by atoms with E-state index in [9.17, 15) is 31.1 Å². The number of nitrogens with zero attached hydrogens (tertiary/aromatic N) is 1. The van der Waals surface area contributed by atoms with Crippen molar-refractivity contribution in [2.75, 3.05) is 0 Å². The van der Waals surface area contributed by atoms with E-state index in [1.54, 1.807) is 12.1 Å². The lowest BCUT2D eigenvalue weighted by Crippen LogP contribution is -2.39. The number of benzene rings is 2. The van der Waals surface area contributed by atoms with Crippen molar-refractivity contribution in [1.29, 1.82) is 0 Å². The van der Waals surface area contributed by atoms with Crippen LogP contribution in [0.4, 0.5) is 31.1 Å². The smallest absolute Gasteiger partial charge is 0.334 e. The standard InChI is InChI=1S/C23H19F6N3O/c1-14-4-2-5-15(12-14)13-31-21(33)32-19(16-7-9-17(10-8-16)22(24,25)26)20-18(23(27,28)29)6-3-11-30-20/h2-12,19H,13H2,1H3,(H2,31,32,33). The zero-order valence-corrected chi connectivity index (χ0v) is 17.3. The summed E-state index contributed by atoms with van der Waals surface area (Å²) in [5, 5.41) is 4.96. The molecule has 0 radical (unpaired) electrons. The van der Waals surface area contributed by atoms with Gasteiger partial charge in [-0.3, -0.25) is 4.98 Å². The molecular formula is C23H19F6N3O. The summed E-state index contributed by atoms with van der Waals surface area (Å²) in [6.45, 7) is 1.96. The molecule has 2 aromatic carbocycles. The molecule has 174 valence electrons. The van der Waals surface area contributed by atoms with E-state index in [1.807, 2.05) is 19.1 Å². The highest BCUT2D eigenvalue weighted by atomic mass is 19.4. The predicted octanol–water partition coefficient (Wildman–Crippen LogP) is 6.02. The molecule has 0 bridgehead atoms. The third-order valence-corrected chi connectivity index (χ3v) is 4.80. The van der Waals surface area contributed by atoms with Crippen molar-refractivity contribution in [3.05, 3.63) is 100 Å². The lowest BCUT2D eigenvalue weighted by molar-refractivity contribution is -0.139. The minimum Gasteiger partial charge on any atom is -0.334 e. The van der Waals surface area contributed by atoms with Gasteiger partial charge in [0.1, 0.15) is 0 Å². The van der Waals surface area contributed by atoms with Crippen LogP contribution in [-0.2, 0) is 18.9 Å². The number of amides is 2. The van der Waals surface area contributed by atoms with Crippen molar-refractivity contribution >= 4 is 6.03 Å². The first kappa shape index (κ1) is 24.1. The number of alkyl halides is 6. The van der Waals surface area contributed by atoms with Gasteiger partial charge in [0, 0.05) is 12.7 Å². The lowest BCUT2D eigenvalue weighted by Gasteiger charge is -2.23. The zero-order chi connectivity index (χ0) is 24.2. The van der Waals surface area contributed by atoms with E-state index in [1.165, 1.54) is 0 Å². The molecule has 33 heavy (non-hydrogen) atoms. The summed E-state index contributed by atoms with van der Waals surface area (Å²) in [4.78, 5) is 16.3. The number of carbonyl (C=O) groups excluding carboxylic acids is 1. The average Bonchev–Trinajstić information content (AvgIpc) is 2.75. The minimum atomic E-state index is -4.78. The van der Waals surface area contributed by atoms with E-state index in [4.69, 9.17) is 0 Å². The topological polar surface area (TPSA) is 54.0 Å². The van der Waals surface area contributed by atoms with Crippen LogP contribution in [0, 0.1) is 6.92 Å². The number of pyridine rings is 1. The van der Waals surface area contributed by atoms with Crippen LogP contribution >= 0.6 is 0 Å². The highest BCUT2D eigenvalue weighted by Crippen LogP contribution is 2.36. The molecule has 1 heterocycles. The first-order valence-corrected chi connectivity index (χ1v) is 9.74. The predicted molar refractivity (Wildman–Crippen MR) is 109 cm³/mol. The van der Waals surface area contributed by atoms with Crippen LogP contribution < -0.4 is 10.6 Å². The first-order chi connectivity index (χ1) is 15.4. The van der Waals surface area contributed by atoms with Gasteiger partial charge in [0.05, 0.1) is 22.9 Å². The van der Waals surface area contributed by atoms with Crippen LogP contribution in [-0.4, -0.2) is 11.0 Å². The van der Waals surface area contributed by atoms with E-state index in [0.717, 1.165) is 53.7 Å². The Bertz CT molecular complexity index is 1110. The van der Waals surface area contributed by atoms with Gasteiger partial charge in [-0.05, 0) is 42.3 Å². The van der Waals surface area contributed by atoms with Crippen molar-refractivity contribution < 1.29 is 31.1 Å². The largest absolute Gasteiger partial charge is 0.418 e. The highest BCUT2D eigenvalue weighted by Gasteiger charge is 2.37. The minimum absolute atomic E-state index is 0.0119. The van der Waals surface area contributed by atoms with Gasteiger partial charge < -0.3 is 10.6 Å². The molecular weight excluding hydrogens is 448 g/mol. The number of rotatable bonds is 5. The van der Waals surface area contributed by atoms with Crippen molar-refractivity contribution in [3.63, 3.8) is 0 Å².